The van der Waals surface area contributed by atoms with E-state index in [4.69, 9.17) is 0 Å². The van der Waals surface area contributed by atoms with Crippen LogP contribution in [0.5, 0.6) is 0 Å². The van der Waals surface area contributed by atoms with Gasteiger partial charge in [-0.25, -0.2) is 0 Å². The predicted molar refractivity (Wildman–Crippen MR) is 49.8 cm³/mol. The third kappa shape index (κ3) is 2.82. The van der Waals surface area contributed by atoms with Gasteiger partial charge in [-0.1, -0.05) is 26.2 Å². The van der Waals surface area contributed by atoms with Gasteiger partial charge in [0.05, 0.1) is 0 Å². The standard InChI is InChI=1S/C10H21N/c1-3-4-5-7-10(2)11-8-6-9-11/h10H,3-9H2,1-2H3. The summed E-state index contributed by atoms with van der Waals surface area (Å²) in [6.07, 6.45) is 7.03. The largest absolute Gasteiger partial charge is 0.301 e. The normalized spacial score (nSPS) is 21.3. The molecular formula is C10H21N. The summed E-state index contributed by atoms with van der Waals surface area (Å²) in [5, 5.41) is 0. The number of unbranched alkanes of at least 4 members (excludes halogenated alkanes) is 2. The van der Waals surface area contributed by atoms with Crippen LogP contribution in [0.4, 0.5) is 0 Å². The van der Waals surface area contributed by atoms with Crippen molar-refractivity contribution in [1.82, 2.24) is 4.90 Å². The van der Waals surface area contributed by atoms with Gasteiger partial charge in [0.2, 0.25) is 0 Å². The lowest BCUT2D eigenvalue weighted by atomic mass is 10.1. The Morgan fingerprint density at radius 1 is 1.27 bits per heavy atom. The molecule has 0 radical (unpaired) electrons. The van der Waals surface area contributed by atoms with Gasteiger partial charge in [0.15, 0.2) is 0 Å². The zero-order chi connectivity index (χ0) is 8.10. The topological polar surface area (TPSA) is 3.24 Å². The molecule has 1 nitrogen and oxygen atoms in total. The van der Waals surface area contributed by atoms with E-state index in [0.29, 0.717) is 0 Å². The smallest absolute Gasteiger partial charge is 0.00669 e. The van der Waals surface area contributed by atoms with Crippen molar-refractivity contribution >= 4 is 0 Å². The van der Waals surface area contributed by atoms with Gasteiger partial charge in [-0.05, 0) is 32.9 Å². The Hall–Kier alpha value is -0.0400. The van der Waals surface area contributed by atoms with Crippen LogP contribution in [0.2, 0.25) is 0 Å². The zero-order valence-corrected chi connectivity index (χ0v) is 7.97. The Morgan fingerprint density at radius 3 is 2.45 bits per heavy atom. The van der Waals surface area contributed by atoms with Crippen LogP contribution in [0.1, 0.15) is 46.0 Å². The van der Waals surface area contributed by atoms with Gasteiger partial charge in [0.25, 0.3) is 0 Å². The monoisotopic (exact) mass is 155 g/mol. The molecule has 1 fully saturated rings. The fraction of sp³-hybridized carbons (Fsp3) is 1.00. The molecule has 0 bridgehead atoms. The van der Waals surface area contributed by atoms with Crippen LogP contribution in [0.3, 0.4) is 0 Å². The minimum absolute atomic E-state index is 0.857. The summed E-state index contributed by atoms with van der Waals surface area (Å²) < 4.78 is 0. The molecule has 0 aromatic carbocycles. The molecule has 1 heterocycles. The van der Waals surface area contributed by atoms with Gasteiger partial charge in [0, 0.05) is 6.04 Å². The minimum atomic E-state index is 0.857. The van der Waals surface area contributed by atoms with Crippen molar-refractivity contribution in [1.29, 1.82) is 0 Å². The van der Waals surface area contributed by atoms with E-state index >= 15 is 0 Å². The van der Waals surface area contributed by atoms with Gasteiger partial charge in [-0.2, -0.15) is 0 Å². The first-order chi connectivity index (χ1) is 5.34. The van der Waals surface area contributed by atoms with Crippen molar-refractivity contribution < 1.29 is 0 Å². The average molecular weight is 155 g/mol. The lowest BCUT2D eigenvalue weighted by molar-refractivity contribution is 0.120. The van der Waals surface area contributed by atoms with Crippen LogP contribution < -0.4 is 0 Å². The summed E-state index contributed by atoms with van der Waals surface area (Å²) in [4.78, 5) is 2.59. The highest BCUT2D eigenvalue weighted by Crippen LogP contribution is 2.15. The molecule has 1 rings (SSSR count). The van der Waals surface area contributed by atoms with Crippen LogP contribution in [0.15, 0.2) is 0 Å². The van der Waals surface area contributed by atoms with Crippen molar-refractivity contribution in [3.8, 4) is 0 Å². The second-order valence-corrected chi connectivity index (χ2v) is 3.73. The van der Waals surface area contributed by atoms with Gasteiger partial charge >= 0.3 is 0 Å². The summed E-state index contributed by atoms with van der Waals surface area (Å²) in [7, 11) is 0. The summed E-state index contributed by atoms with van der Waals surface area (Å²) in [5.41, 5.74) is 0. The van der Waals surface area contributed by atoms with E-state index in [1.807, 2.05) is 0 Å². The van der Waals surface area contributed by atoms with Crippen molar-refractivity contribution in [3.05, 3.63) is 0 Å². The first kappa shape index (κ1) is 9.05. The number of hydrogen-bond acceptors (Lipinski definition) is 1. The van der Waals surface area contributed by atoms with E-state index in [1.54, 1.807) is 0 Å². The summed E-state index contributed by atoms with van der Waals surface area (Å²) in [6.45, 7) is 7.35. The molecule has 1 aliphatic heterocycles. The first-order valence-corrected chi connectivity index (χ1v) is 5.08. The van der Waals surface area contributed by atoms with Crippen molar-refractivity contribution in [3.63, 3.8) is 0 Å². The third-order valence-electron chi connectivity index (χ3n) is 2.74. The van der Waals surface area contributed by atoms with Crippen LogP contribution in [-0.4, -0.2) is 24.0 Å². The number of nitrogens with zero attached hydrogens (tertiary/aromatic N) is 1. The van der Waals surface area contributed by atoms with E-state index in [1.165, 1.54) is 45.2 Å². The lowest BCUT2D eigenvalue weighted by Crippen LogP contribution is -2.43. The maximum Gasteiger partial charge on any atom is 0.00669 e. The van der Waals surface area contributed by atoms with Gasteiger partial charge < -0.3 is 4.90 Å². The Labute approximate surface area is 70.8 Å². The first-order valence-electron chi connectivity index (χ1n) is 5.08. The number of hydrogen-bond donors (Lipinski definition) is 0. The maximum absolute atomic E-state index is 2.59. The Bertz CT molecular complexity index is 97.0. The molecule has 1 unspecified atom stereocenters. The van der Waals surface area contributed by atoms with E-state index in [-0.39, 0.29) is 0 Å². The lowest BCUT2D eigenvalue weighted by Gasteiger charge is -2.36. The quantitative estimate of drug-likeness (QED) is 0.552. The van der Waals surface area contributed by atoms with Crippen LogP contribution in [0.25, 0.3) is 0 Å². The van der Waals surface area contributed by atoms with Crippen LogP contribution in [-0.2, 0) is 0 Å². The van der Waals surface area contributed by atoms with Gasteiger partial charge in [-0.15, -0.1) is 0 Å². The average Bonchev–Trinajstić information content (AvgIpc) is 1.84. The third-order valence-corrected chi connectivity index (χ3v) is 2.74. The Balaban J connectivity index is 1.96. The molecule has 1 saturated heterocycles. The molecule has 0 aromatic heterocycles. The molecular weight excluding hydrogens is 134 g/mol. The molecule has 11 heavy (non-hydrogen) atoms. The molecule has 0 spiro atoms. The molecule has 0 aromatic rings. The predicted octanol–water partition coefficient (Wildman–Crippen LogP) is 2.66. The van der Waals surface area contributed by atoms with Crippen LogP contribution in [0, 0.1) is 0 Å². The maximum atomic E-state index is 2.59. The molecule has 0 saturated carbocycles. The van der Waals surface area contributed by atoms with Crippen molar-refractivity contribution in [2.75, 3.05) is 13.1 Å². The highest BCUT2D eigenvalue weighted by molar-refractivity contribution is 4.74. The highest BCUT2D eigenvalue weighted by Gasteiger charge is 2.18. The van der Waals surface area contributed by atoms with E-state index in [2.05, 4.69) is 18.7 Å². The molecule has 0 aliphatic carbocycles. The summed E-state index contributed by atoms with van der Waals surface area (Å²) in [5.74, 6) is 0. The van der Waals surface area contributed by atoms with Crippen LogP contribution >= 0.6 is 0 Å². The zero-order valence-electron chi connectivity index (χ0n) is 7.97. The number of rotatable bonds is 5. The van der Waals surface area contributed by atoms with Crippen molar-refractivity contribution in [2.45, 2.75) is 52.0 Å². The number of likely N-dealkylation sites (tertiary alicyclic amines) is 1. The summed E-state index contributed by atoms with van der Waals surface area (Å²) in [6, 6.07) is 0.857. The Morgan fingerprint density at radius 2 is 2.00 bits per heavy atom. The molecule has 1 heteroatoms. The minimum Gasteiger partial charge on any atom is -0.301 e. The molecule has 0 amide bonds. The SMILES string of the molecule is CCCCCC(C)N1CCC1. The van der Waals surface area contributed by atoms with Gasteiger partial charge in [0.1, 0.15) is 0 Å². The molecule has 0 N–H and O–H groups in total. The molecule has 1 atom stereocenters. The molecule has 66 valence electrons. The highest BCUT2D eigenvalue weighted by atomic mass is 15.2. The second kappa shape index (κ2) is 4.76. The Kier molecular flexibility index (Phi) is 3.92. The van der Waals surface area contributed by atoms with E-state index in [9.17, 15) is 0 Å². The van der Waals surface area contributed by atoms with Gasteiger partial charge in [-0.3, -0.25) is 0 Å². The van der Waals surface area contributed by atoms with E-state index < -0.39 is 0 Å². The van der Waals surface area contributed by atoms with Crippen molar-refractivity contribution in [2.24, 2.45) is 0 Å². The fourth-order valence-corrected chi connectivity index (χ4v) is 1.65. The fourth-order valence-electron chi connectivity index (χ4n) is 1.65. The second-order valence-electron chi connectivity index (χ2n) is 3.73. The molecule has 1 aliphatic rings. The van der Waals surface area contributed by atoms with E-state index in [0.717, 1.165) is 6.04 Å². The summed E-state index contributed by atoms with van der Waals surface area (Å²) >= 11 is 0.